The highest BCUT2D eigenvalue weighted by atomic mass is 35.5. The third kappa shape index (κ3) is 3.26. The zero-order valence-corrected chi connectivity index (χ0v) is 12.1. The lowest BCUT2D eigenvalue weighted by molar-refractivity contribution is 0.0698. The van der Waals surface area contributed by atoms with Gasteiger partial charge in [0, 0.05) is 5.02 Å². The van der Waals surface area contributed by atoms with Crippen LogP contribution in [0.3, 0.4) is 0 Å². The number of carboxylic acid groups (broad SMARTS) is 1. The van der Waals surface area contributed by atoms with Gasteiger partial charge in [-0.15, -0.1) is 0 Å². The lowest BCUT2D eigenvalue weighted by Gasteiger charge is -2.12. The molecule has 8 heteroatoms. The topological polar surface area (TPSA) is 109 Å². The number of hydrogen-bond donors (Lipinski definition) is 3. The molecule has 2 rings (SSSR count). The summed E-state index contributed by atoms with van der Waals surface area (Å²) in [5, 5.41) is 9.28. The van der Waals surface area contributed by atoms with Crippen LogP contribution in [0.5, 0.6) is 0 Å². The fourth-order valence-electron chi connectivity index (χ4n) is 1.71. The van der Waals surface area contributed by atoms with Gasteiger partial charge in [0.1, 0.15) is 4.90 Å². The van der Waals surface area contributed by atoms with E-state index in [0.29, 0.717) is 0 Å². The van der Waals surface area contributed by atoms with Crippen LogP contribution < -0.4 is 10.5 Å². The number of rotatable bonds is 4. The van der Waals surface area contributed by atoms with Crippen molar-refractivity contribution in [3.05, 3.63) is 53.1 Å². The lowest BCUT2D eigenvalue weighted by Crippen LogP contribution is -2.17. The number of sulfonamides is 1. The van der Waals surface area contributed by atoms with E-state index >= 15 is 0 Å². The van der Waals surface area contributed by atoms with Crippen LogP contribution in [0.4, 0.5) is 11.4 Å². The molecule has 6 nitrogen and oxygen atoms in total. The van der Waals surface area contributed by atoms with Gasteiger partial charge < -0.3 is 10.8 Å². The molecule has 0 bridgehead atoms. The van der Waals surface area contributed by atoms with Crippen molar-refractivity contribution in [1.29, 1.82) is 0 Å². The van der Waals surface area contributed by atoms with Gasteiger partial charge >= 0.3 is 5.97 Å². The predicted molar refractivity (Wildman–Crippen MR) is 80.1 cm³/mol. The molecule has 4 N–H and O–H groups in total. The summed E-state index contributed by atoms with van der Waals surface area (Å²) in [4.78, 5) is 11.0. The average Bonchev–Trinajstić information content (AvgIpc) is 2.38. The minimum absolute atomic E-state index is 0.0592. The minimum atomic E-state index is -4.01. The number of nitrogens with one attached hydrogen (secondary N) is 1. The monoisotopic (exact) mass is 326 g/mol. The van der Waals surface area contributed by atoms with Gasteiger partial charge in [-0.3, -0.25) is 4.72 Å². The Morgan fingerprint density at radius 3 is 2.48 bits per heavy atom. The summed E-state index contributed by atoms with van der Waals surface area (Å²) >= 11 is 5.78. The molecule has 110 valence electrons. The molecule has 0 radical (unpaired) electrons. The van der Waals surface area contributed by atoms with Crippen molar-refractivity contribution in [1.82, 2.24) is 0 Å². The average molecular weight is 327 g/mol. The van der Waals surface area contributed by atoms with E-state index in [1.165, 1.54) is 36.4 Å². The van der Waals surface area contributed by atoms with Gasteiger partial charge in [0.2, 0.25) is 0 Å². The van der Waals surface area contributed by atoms with Crippen molar-refractivity contribution in [3.63, 3.8) is 0 Å². The Bertz CT molecular complexity index is 806. The van der Waals surface area contributed by atoms with Crippen molar-refractivity contribution in [2.75, 3.05) is 10.5 Å². The summed E-state index contributed by atoms with van der Waals surface area (Å²) in [6, 6.07) is 9.67. The molecular weight excluding hydrogens is 316 g/mol. The van der Waals surface area contributed by atoms with Crippen LogP contribution in [-0.4, -0.2) is 19.5 Å². The van der Waals surface area contributed by atoms with Gasteiger partial charge in [-0.2, -0.15) is 0 Å². The molecule has 0 unspecified atom stereocenters. The second-order valence-corrected chi connectivity index (χ2v) is 6.23. The number of halogens is 1. The third-order valence-corrected chi connectivity index (χ3v) is 4.34. The number of carboxylic acids is 1. The standard InChI is InChI=1S/C13H11ClN2O4S/c14-8-5-6-9(13(17)18)11(7-8)16-21(19,20)12-4-2-1-3-10(12)15/h1-7,16H,15H2,(H,17,18). The fraction of sp³-hybridized carbons (Fsp3) is 0. The van der Waals surface area contributed by atoms with Gasteiger partial charge in [-0.1, -0.05) is 23.7 Å². The number of nitrogen functional groups attached to an aromatic ring is 1. The highest BCUT2D eigenvalue weighted by molar-refractivity contribution is 7.92. The third-order valence-electron chi connectivity index (χ3n) is 2.66. The van der Waals surface area contributed by atoms with Gasteiger partial charge in [-0.05, 0) is 30.3 Å². The second-order valence-electron chi connectivity index (χ2n) is 4.14. The molecule has 2 aromatic rings. The molecule has 2 aromatic carbocycles. The summed E-state index contributed by atoms with van der Waals surface area (Å²) < 4.78 is 26.8. The molecule has 0 amide bonds. The maximum atomic E-state index is 12.3. The number of carbonyl (C=O) groups is 1. The Morgan fingerprint density at radius 1 is 1.19 bits per heavy atom. The zero-order valence-electron chi connectivity index (χ0n) is 10.6. The van der Waals surface area contributed by atoms with Gasteiger partial charge in [0.25, 0.3) is 10.0 Å². The van der Waals surface area contributed by atoms with Crippen LogP contribution in [-0.2, 0) is 10.0 Å². The van der Waals surface area contributed by atoms with Crippen LogP contribution in [0.1, 0.15) is 10.4 Å². The summed E-state index contributed by atoms with van der Waals surface area (Å²) in [5.41, 5.74) is 5.35. The number of hydrogen-bond acceptors (Lipinski definition) is 4. The smallest absolute Gasteiger partial charge is 0.337 e. The van der Waals surface area contributed by atoms with E-state index < -0.39 is 16.0 Å². The molecule has 0 spiro atoms. The molecule has 0 aliphatic carbocycles. The largest absolute Gasteiger partial charge is 0.478 e. The van der Waals surface area contributed by atoms with E-state index in [-0.39, 0.29) is 26.9 Å². The fourth-order valence-corrected chi connectivity index (χ4v) is 3.09. The lowest BCUT2D eigenvalue weighted by atomic mass is 10.2. The molecule has 0 aromatic heterocycles. The van der Waals surface area contributed by atoms with Crippen LogP contribution in [0, 0.1) is 0 Å². The summed E-state index contributed by atoms with van der Waals surface area (Å²) in [5.74, 6) is -1.27. The summed E-state index contributed by atoms with van der Waals surface area (Å²) in [6.07, 6.45) is 0. The first-order valence-corrected chi connectivity index (χ1v) is 7.57. The second kappa shape index (κ2) is 5.63. The van der Waals surface area contributed by atoms with Crippen molar-refractivity contribution >= 4 is 39.0 Å². The molecule has 0 atom stereocenters. The molecule has 0 fully saturated rings. The van der Waals surface area contributed by atoms with E-state index in [4.69, 9.17) is 22.4 Å². The van der Waals surface area contributed by atoms with Crippen molar-refractivity contribution in [2.24, 2.45) is 0 Å². The number of anilines is 2. The quantitative estimate of drug-likeness (QED) is 0.747. The van der Waals surface area contributed by atoms with E-state index in [1.54, 1.807) is 6.07 Å². The molecular formula is C13H11ClN2O4S. The van der Waals surface area contributed by atoms with Crippen molar-refractivity contribution in [3.8, 4) is 0 Å². The summed E-state index contributed by atoms with van der Waals surface area (Å²) in [7, 11) is -4.01. The Morgan fingerprint density at radius 2 is 1.86 bits per heavy atom. The van der Waals surface area contributed by atoms with Crippen molar-refractivity contribution < 1.29 is 18.3 Å². The van der Waals surface area contributed by atoms with E-state index in [2.05, 4.69) is 4.72 Å². The molecule has 0 saturated heterocycles. The Labute approximate surface area is 126 Å². The maximum absolute atomic E-state index is 12.3. The first kappa shape index (κ1) is 15.1. The molecule has 0 saturated carbocycles. The molecule has 0 aliphatic heterocycles. The molecule has 0 aliphatic rings. The Hall–Kier alpha value is -2.25. The highest BCUT2D eigenvalue weighted by Gasteiger charge is 2.20. The maximum Gasteiger partial charge on any atom is 0.337 e. The first-order valence-electron chi connectivity index (χ1n) is 5.71. The highest BCUT2D eigenvalue weighted by Crippen LogP contribution is 2.26. The Balaban J connectivity index is 2.49. The number of benzene rings is 2. The normalized spacial score (nSPS) is 11.1. The number of aromatic carboxylic acids is 1. The van der Waals surface area contributed by atoms with Crippen LogP contribution in [0.15, 0.2) is 47.4 Å². The van der Waals surface area contributed by atoms with Crippen LogP contribution in [0.25, 0.3) is 0 Å². The number of nitrogens with two attached hydrogens (primary N) is 1. The minimum Gasteiger partial charge on any atom is -0.478 e. The Kier molecular flexibility index (Phi) is 4.06. The molecule has 0 heterocycles. The molecule has 21 heavy (non-hydrogen) atoms. The van der Waals surface area contributed by atoms with Gasteiger partial charge in [0.15, 0.2) is 0 Å². The zero-order chi connectivity index (χ0) is 15.6. The van der Waals surface area contributed by atoms with Gasteiger partial charge in [-0.25, -0.2) is 13.2 Å². The van der Waals surface area contributed by atoms with Crippen LogP contribution in [0.2, 0.25) is 5.02 Å². The van der Waals surface area contributed by atoms with Gasteiger partial charge in [0.05, 0.1) is 16.9 Å². The first-order chi connectivity index (χ1) is 9.81. The van der Waals surface area contributed by atoms with Crippen molar-refractivity contribution in [2.45, 2.75) is 4.90 Å². The van der Waals surface area contributed by atoms with E-state index in [1.807, 2.05) is 0 Å². The van der Waals surface area contributed by atoms with Crippen LogP contribution >= 0.6 is 11.6 Å². The predicted octanol–water partition coefficient (Wildman–Crippen LogP) is 2.42. The van der Waals surface area contributed by atoms with E-state index in [0.717, 1.165) is 0 Å². The SMILES string of the molecule is Nc1ccccc1S(=O)(=O)Nc1cc(Cl)ccc1C(=O)O. The number of para-hydroxylation sites is 1. The summed E-state index contributed by atoms with van der Waals surface area (Å²) in [6.45, 7) is 0. The van der Waals surface area contributed by atoms with E-state index in [9.17, 15) is 13.2 Å².